The molecule has 2 fully saturated rings. The average molecular weight is 332 g/mol. The third-order valence-electron chi connectivity index (χ3n) is 5.77. The Balaban J connectivity index is 1.34. The van der Waals surface area contributed by atoms with Crippen molar-refractivity contribution < 1.29 is 18.7 Å². The normalized spacial score (nSPS) is 27.4. The van der Waals surface area contributed by atoms with E-state index < -0.39 is 6.10 Å². The molecule has 6 nitrogen and oxygen atoms in total. The van der Waals surface area contributed by atoms with Crippen molar-refractivity contribution in [2.24, 2.45) is 11.7 Å². The van der Waals surface area contributed by atoms with Crippen LogP contribution in [-0.2, 0) is 22.4 Å². The van der Waals surface area contributed by atoms with Crippen LogP contribution < -0.4 is 5.73 Å². The van der Waals surface area contributed by atoms with Gasteiger partial charge in [-0.05, 0) is 56.4 Å². The first-order valence-electron chi connectivity index (χ1n) is 8.97. The van der Waals surface area contributed by atoms with E-state index in [0.29, 0.717) is 11.7 Å². The van der Waals surface area contributed by atoms with Crippen LogP contribution >= 0.6 is 0 Å². The van der Waals surface area contributed by atoms with Crippen molar-refractivity contribution in [1.29, 1.82) is 0 Å². The third-order valence-corrected chi connectivity index (χ3v) is 5.77. The van der Waals surface area contributed by atoms with E-state index in [9.17, 15) is 9.59 Å². The van der Waals surface area contributed by atoms with Crippen LogP contribution in [0.4, 0.5) is 0 Å². The van der Waals surface area contributed by atoms with Gasteiger partial charge in [0, 0.05) is 18.7 Å². The number of carbonyl (C=O) groups is 2. The van der Waals surface area contributed by atoms with E-state index in [1.54, 1.807) is 6.26 Å². The lowest BCUT2D eigenvalue weighted by Gasteiger charge is -2.34. The SMILES string of the molecule is NC(=O)[C@H]1CC[C@@H](C2CCN(C(=O)c3occ4c3CCC4)CC2)O1. The number of likely N-dealkylation sites (tertiary alicyclic amines) is 1. The van der Waals surface area contributed by atoms with Crippen LogP contribution in [0.2, 0.25) is 0 Å². The molecule has 24 heavy (non-hydrogen) atoms. The van der Waals surface area contributed by atoms with Gasteiger partial charge in [0.15, 0.2) is 5.76 Å². The molecule has 1 aromatic heterocycles. The summed E-state index contributed by atoms with van der Waals surface area (Å²) in [6.07, 6.45) is 7.93. The maximum absolute atomic E-state index is 12.7. The second kappa shape index (κ2) is 6.24. The maximum atomic E-state index is 12.7. The molecular formula is C18H24N2O4. The van der Waals surface area contributed by atoms with Crippen LogP contribution in [0.5, 0.6) is 0 Å². The summed E-state index contributed by atoms with van der Waals surface area (Å²) in [4.78, 5) is 25.9. The lowest BCUT2D eigenvalue weighted by molar-refractivity contribution is -0.130. The number of carbonyl (C=O) groups excluding carboxylic acids is 2. The number of fused-ring (bicyclic) bond motifs is 1. The molecule has 2 atom stereocenters. The number of nitrogens with zero attached hydrogens (tertiary/aromatic N) is 1. The van der Waals surface area contributed by atoms with E-state index in [1.165, 1.54) is 5.56 Å². The molecule has 0 saturated carbocycles. The number of rotatable bonds is 3. The highest BCUT2D eigenvalue weighted by Gasteiger charge is 2.37. The minimum absolute atomic E-state index is 0.0268. The van der Waals surface area contributed by atoms with Crippen LogP contribution in [0.25, 0.3) is 0 Å². The largest absolute Gasteiger partial charge is 0.459 e. The summed E-state index contributed by atoms with van der Waals surface area (Å²) in [5.41, 5.74) is 7.64. The Hall–Kier alpha value is -1.82. The van der Waals surface area contributed by atoms with E-state index in [0.717, 1.165) is 63.6 Å². The molecule has 0 aromatic carbocycles. The predicted octanol–water partition coefficient (Wildman–Crippen LogP) is 1.65. The fourth-order valence-electron chi connectivity index (χ4n) is 4.37. The summed E-state index contributed by atoms with van der Waals surface area (Å²) in [5, 5.41) is 0. The number of furan rings is 1. The lowest BCUT2D eigenvalue weighted by Crippen LogP contribution is -2.41. The molecule has 2 aliphatic heterocycles. The zero-order chi connectivity index (χ0) is 16.7. The van der Waals surface area contributed by atoms with Gasteiger partial charge in [0.05, 0.1) is 12.4 Å². The van der Waals surface area contributed by atoms with Gasteiger partial charge in [-0.15, -0.1) is 0 Å². The molecule has 2 amide bonds. The number of aryl methyl sites for hydroxylation is 1. The molecule has 0 unspecified atom stereocenters. The molecule has 3 aliphatic rings. The first kappa shape index (κ1) is 15.7. The Kier molecular flexibility index (Phi) is 4.08. The van der Waals surface area contributed by atoms with Crippen molar-refractivity contribution in [3.63, 3.8) is 0 Å². The number of primary amides is 1. The number of nitrogens with two attached hydrogens (primary N) is 1. The van der Waals surface area contributed by atoms with Crippen LogP contribution in [0, 0.1) is 5.92 Å². The van der Waals surface area contributed by atoms with Gasteiger partial charge in [0.1, 0.15) is 6.10 Å². The summed E-state index contributed by atoms with van der Waals surface area (Å²) in [6, 6.07) is 0. The molecule has 2 saturated heterocycles. The molecule has 4 rings (SSSR count). The van der Waals surface area contributed by atoms with E-state index >= 15 is 0 Å². The molecule has 0 spiro atoms. The fourth-order valence-corrected chi connectivity index (χ4v) is 4.37. The highest BCUT2D eigenvalue weighted by atomic mass is 16.5. The second-order valence-corrected chi connectivity index (χ2v) is 7.19. The Morgan fingerprint density at radius 3 is 2.62 bits per heavy atom. The van der Waals surface area contributed by atoms with Crippen molar-refractivity contribution in [3.05, 3.63) is 23.2 Å². The quantitative estimate of drug-likeness (QED) is 0.912. The summed E-state index contributed by atoms with van der Waals surface area (Å²) in [5.74, 6) is 0.614. The smallest absolute Gasteiger partial charge is 0.289 e. The zero-order valence-corrected chi connectivity index (χ0v) is 13.8. The van der Waals surface area contributed by atoms with Gasteiger partial charge in [-0.1, -0.05) is 0 Å². The lowest BCUT2D eigenvalue weighted by atomic mass is 9.89. The molecule has 130 valence electrons. The Morgan fingerprint density at radius 2 is 1.92 bits per heavy atom. The van der Waals surface area contributed by atoms with Gasteiger partial charge >= 0.3 is 0 Å². The topological polar surface area (TPSA) is 85.8 Å². The average Bonchev–Trinajstić information content (AvgIpc) is 3.30. The first-order valence-corrected chi connectivity index (χ1v) is 8.97. The van der Waals surface area contributed by atoms with Gasteiger partial charge in [-0.3, -0.25) is 9.59 Å². The van der Waals surface area contributed by atoms with Crippen molar-refractivity contribution in [1.82, 2.24) is 4.90 Å². The third kappa shape index (κ3) is 2.73. The maximum Gasteiger partial charge on any atom is 0.289 e. The fraction of sp³-hybridized carbons (Fsp3) is 0.667. The Labute approximate surface area is 141 Å². The van der Waals surface area contributed by atoms with E-state index in [1.807, 2.05) is 4.90 Å². The minimum atomic E-state index is -0.430. The van der Waals surface area contributed by atoms with E-state index in [2.05, 4.69) is 0 Å². The van der Waals surface area contributed by atoms with Crippen LogP contribution in [0.1, 0.15) is 53.8 Å². The predicted molar refractivity (Wildman–Crippen MR) is 86.4 cm³/mol. The Morgan fingerprint density at radius 1 is 1.12 bits per heavy atom. The summed E-state index contributed by atoms with van der Waals surface area (Å²) < 4.78 is 11.3. The standard InChI is InChI=1S/C18H24N2O4/c19-17(21)15-5-4-14(24-15)11-6-8-20(9-7-11)18(22)16-13-3-1-2-12(13)10-23-16/h10-11,14-15H,1-9H2,(H2,19,21)/t14-,15+/m0/s1. The van der Waals surface area contributed by atoms with E-state index in [-0.39, 0.29) is 17.9 Å². The highest BCUT2D eigenvalue weighted by molar-refractivity contribution is 5.93. The summed E-state index contributed by atoms with van der Waals surface area (Å²) in [7, 11) is 0. The van der Waals surface area contributed by atoms with Crippen molar-refractivity contribution in [3.8, 4) is 0 Å². The highest BCUT2D eigenvalue weighted by Crippen LogP contribution is 2.33. The molecule has 1 aliphatic carbocycles. The number of hydrogen-bond acceptors (Lipinski definition) is 4. The van der Waals surface area contributed by atoms with Crippen LogP contribution in [0.3, 0.4) is 0 Å². The minimum Gasteiger partial charge on any atom is -0.459 e. The van der Waals surface area contributed by atoms with Gasteiger partial charge in [0.25, 0.3) is 5.91 Å². The van der Waals surface area contributed by atoms with Gasteiger partial charge in [-0.2, -0.15) is 0 Å². The molecule has 0 radical (unpaired) electrons. The molecule has 0 bridgehead atoms. The molecule has 2 N–H and O–H groups in total. The van der Waals surface area contributed by atoms with Gasteiger partial charge in [0.2, 0.25) is 5.91 Å². The first-order chi connectivity index (χ1) is 11.6. The van der Waals surface area contributed by atoms with Gasteiger partial charge in [-0.25, -0.2) is 0 Å². The van der Waals surface area contributed by atoms with Crippen molar-refractivity contribution in [2.75, 3.05) is 13.1 Å². The van der Waals surface area contributed by atoms with Crippen molar-refractivity contribution >= 4 is 11.8 Å². The zero-order valence-electron chi connectivity index (χ0n) is 13.8. The Bertz CT molecular complexity index is 645. The van der Waals surface area contributed by atoms with Gasteiger partial charge < -0.3 is 19.8 Å². The number of hydrogen-bond donors (Lipinski definition) is 1. The van der Waals surface area contributed by atoms with Crippen molar-refractivity contribution in [2.45, 2.75) is 57.2 Å². The number of ether oxygens (including phenoxy) is 1. The van der Waals surface area contributed by atoms with E-state index in [4.69, 9.17) is 14.9 Å². The van der Waals surface area contributed by atoms with Crippen LogP contribution in [-0.4, -0.2) is 42.0 Å². The van der Waals surface area contributed by atoms with Crippen LogP contribution in [0.15, 0.2) is 10.7 Å². The molecule has 3 heterocycles. The molecule has 1 aromatic rings. The molecular weight excluding hydrogens is 308 g/mol. The monoisotopic (exact) mass is 332 g/mol. The number of piperidine rings is 1. The molecule has 6 heteroatoms. The summed E-state index contributed by atoms with van der Waals surface area (Å²) in [6.45, 7) is 1.44. The summed E-state index contributed by atoms with van der Waals surface area (Å²) >= 11 is 0. The second-order valence-electron chi connectivity index (χ2n) is 7.19. The number of amides is 2.